The molecule has 0 radical (unpaired) electrons. The van der Waals surface area contributed by atoms with Crippen molar-refractivity contribution in [2.75, 3.05) is 14.2 Å². The molecule has 0 atom stereocenters. The zero-order valence-electron chi connectivity index (χ0n) is 9.84. The predicted octanol–water partition coefficient (Wildman–Crippen LogP) is 2.53. The number of hydrogen-bond acceptors (Lipinski definition) is 5. The van der Waals surface area contributed by atoms with Gasteiger partial charge in [0.1, 0.15) is 16.4 Å². The summed E-state index contributed by atoms with van der Waals surface area (Å²) in [7, 11) is 3.07. The van der Waals surface area contributed by atoms with Crippen LogP contribution >= 0.6 is 11.3 Å². The van der Waals surface area contributed by atoms with E-state index in [1.165, 1.54) is 12.6 Å². The highest BCUT2D eigenvalue weighted by molar-refractivity contribution is 7.12. The Labute approximate surface area is 108 Å². The Morgan fingerprint density at radius 1 is 1.33 bits per heavy atom. The van der Waals surface area contributed by atoms with Crippen LogP contribution < -0.4 is 9.47 Å². The number of thiazole rings is 1. The lowest BCUT2D eigenvalue weighted by Gasteiger charge is -2.09. The van der Waals surface area contributed by atoms with Crippen molar-refractivity contribution in [2.24, 2.45) is 0 Å². The lowest BCUT2D eigenvalue weighted by Crippen LogP contribution is -1.97. The predicted molar refractivity (Wildman–Crippen MR) is 67.6 cm³/mol. The van der Waals surface area contributed by atoms with Gasteiger partial charge in [-0.05, 0) is 18.2 Å². The molecule has 0 saturated carbocycles. The Morgan fingerprint density at radius 2 is 2.11 bits per heavy atom. The van der Waals surface area contributed by atoms with Crippen molar-refractivity contribution in [3.63, 3.8) is 0 Å². The highest BCUT2D eigenvalue weighted by Crippen LogP contribution is 2.35. The van der Waals surface area contributed by atoms with Crippen LogP contribution in [-0.4, -0.2) is 30.3 Å². The van der Waals surface area contributed by atoms with Crippen LogP contribution in [0.15, 0.2) is 23.7 Å². The van der Waals surface area contributed by atoms with Gasteiger partial charge in [0.05, 0.1) is 25.4 Å². The molecule has 94 valence electrons. The summed E-state index contributed by atoms with van der Waals surface area (Å²) in [5.41, 5.74) is 2.50. The van der Waals surface area contributed by atoms with Crippen molar-refractivity contribution in [1.82, 2.24) is 4.98 Å². The first kappa shape index (κ1) is 12.4. The molecule has 0 amide bonds. The van der Waals surface area contributed by atoms with Gasteiger partial charge in [-0.1, -0.05) is 0 Å². The molecular weight excluding hydrogens is 254 g/mol. The normalized spacial score (nSPS) is 10.1. The van der Waals surface area contributed by atoms with Crippen molar-refractivity contribution in [2.45, 2.75) is 0 Å². The average molecular weight is 265 g/mol. The molecule has 0 bridgehead atoms. The Hall–Kier alpha value is -2.08. The molecule has 0 aliphatic carbocycles. The maximum absolute atomic E-state index is 11.1. The minimum atomic E-state index is -1.00. The molecular formula is C12H11NO4S. The summed E-state index contributed by atoms with van der Waals surface area (Å²) in [6.07, 6.45) is 0. The molecule has 1 aromatic carbocycles. The number of rotatable bonds is 4. The topological polar surface area (TPSA) is 68.7 Å². The van der Waals surface area contributed by atoms with Crippen LogP contribution in [0.2, 0.25) is 0 Å². The molecule has 6 heteroatoms. The summed E-state index contributed by atoms with van der Waals surface area (Å²) in [5.74, 6) is 0.178. The minimum Gasteiger partial charge on any atom is -0.497 e. The van der Waals surface area contributed by atoms with E-state index in [2.05, 4.69) is 4.98 Å². The molecule has 1 heterocycles. The monoisotopic (exact) mass is 265 g/mol. The summed E-state index contributed by atoms with van der Waals surface area (Å²) < 4.78 is 10.3. The Morgan fingerprint density at radius 3 is 2.72 bits per heavy atom. The van der Waals surface area contributed by atoms with Gasteiger partial charge in [0.15, 0.2) is 0 Å². The van der Waals surface area contributed by atoms with E-state index in [0.717, 1.165) is 11.3 Å². The van der Waals surface area contributed by atoms with Crippen LogP contribution in [0, 0.1) is 0 Å². The van der Waals surface area contributed by atoms with Crippen LogP contribution in [0.3, 0.4) is 0 Å². The molecule has 2 rings (SSSR count). The number of carbonyl (C=O) groups is 1. The van der Waals surface area contributed by atoms with Gasteiger partial charge in [-0.2, -0.15) is 0 Å². The third-order valence-electron chi connectivity index (χ3n) is 2.42. The summed E-state index contributed by atoms with van der Waals surface area (Å²) in [6.45, 7) is 0. The first-order chi connectivity index (χ1) is 8.67. The second-order valence-corrected chi connectivity index (χ2v) is 4.26. The summed E-state index contributed by atoms with van der Waals surface area (Å²) >= 11 is 1.08. The third-order valence-corrected chi connectivity index (χ3v) is 3.24. The molecule has 1 aromatic heterocycles. The molecule has 0 aliphatic rings. The van der Waals surface area contributed by atoms with Crippen molar-refractivity contribution in [3.8, 4) is 22.8 Å². The molecule has 0 saturated heterocycles. The number of aromatic carboxylic acids is 1. The lowest BCUT2D eigenvalue weighted by atomic mass is 10.1. The van der Waals surface area contributed by atoms with E-state index in [1.807, 2.05) is 0 Å². The zero-order valence-corrected chi connectivity index (χ0v) is 10.7. The van der Waals surface area contributed by atoms with E-state index >= 15 is 0 Å². The fourth-order valence-electron chi connectivity index (χ4n) is 1.59. The summed E-state index contributed by atoms with van der Waals surface area (Å²) in [6, 6.07) is 5.18. The van der Waals surface area contributed by atoms with Gasteiger partial charge in [0, 0.05) is 5.56 Å². The Kier molecular flexibility index (Phi) is 3.47. The Balaban J connectivity index is 2.61. The van der Waals surface area contributed by atoms with Gasteiger partial charge in [-0.25, -0.2) is 9.78 Å². The first-order valence-electron chi connectivity index (χ1n) is 5.06. The SMILES string of the molecule is COc1ccc(OC)c(-c2ncsc2C(=O)O)c1. The number of nitrogens with zero attached hydrogens (tertiary/aromatic N) is 1. The van der Waals surface area contributed by atoms with Crippen LogP contribution in [-0.2, 0) is 0 Å². The van der Waals surface area contributed by atoms with Crippen LogP contribution in [0.5, 0.6) is 11.5 Å². The van der Waals surface area contributed by atoms with Crippen LogP contribution in [0.1, 0.15) is 9.67 Å². The van der Waals surface area contributed by atoms with Gasteiger partial charge >= 0.3 is 5.97 Å². The maximum atomic E-state index is 11.1. The van der Waals surface area contributed by atoms with Gasteiger partial charge in [-0.3, -0.25) is 0 Å². The minimum absolute atomic E-state index is 0.182. The second kappa shape index (κ2) is 5.05. The van der Waals surface area contributed by atoms with E-state index in [0.29, 0.717) is 22.8 Å². The first-order valence-corrected chi connectivity index (χ1v) is 5.94. The summed E-state index contributed by atoms with van der Waals surface area (Å²) in [4.78, 5) is 15.4. The summed E-state index contributed by atoms with van der Waals surface area (Å²) in [5, 5.41) is 9.10. The number of carboxylic acid groups (broad SMARTS) is 1. The van der Waals surface area contributed by atoms with Gasteiger partial charge < -0.3 is 14.6 Å². The fraction of sp³-hybridized carbons (Fsp3) is 0.167. The Bertz CT molecular complexity index is 579. The average Bonchev–Trinajstić information content (AvgIpc) is 2.87. The van der Waals surface area contributed by atoms with E-state index in [4.69, 9.17) is 14.6 Å². The number of aromatic nitrogens is 1. The second-order valence-electron chi connectivity index (χ2n) is 3.40. The standard InChI is InChI=1S/C12H11NO4S/c1-16-7-3-4-9(17-2)8(5-7)10-11(12(14)15)18-6-13-10/h3-6H,1-2H3,(H,14,15). The number of methoxy groups -OCH3 is 2. The van der Waals surface area contributed by atoms with Crippen molar-refractivity contribution in [3.05, 3.63) is 28.6 Å². The molecule has 2 aromatic rings. The lowest BCUT2D eigenvalue weighted by molar-refractivity contribution is 0.0702. The van der Waals surface area contributed by atoms with E-state index in [9.17, 15) is 4.79 Å². The number of hydrogen-bond donors (Lipinski definition) is 1. The number of benzene rings is 1. The van der Waals surface area contributed by atoms with E-state index in [-0.39, 0.29) is 4.88 Å². The number of ether oxygens (including phenoxy) is 2. The zero-order chi connectivity index (χ0) is 13.1. The van der Waals surface area contributed by atoms with Gasteiger partial charge in [0.25, 0.3) is 0 Å². The molecule has 0 spiro atoms. The number of carboxylic acids is 1. The highest BCUT2D eigenvalue weighted by Gasteiger charge is 2.18. The van der Waals surface area contributed by atoms with E-state index < -0.39 is 5.97 Å². The van der Waals surface area contributed by atoms with Gasteiger partial charge in [-0.15, -0.1) is 11.3 Å². The van der Waals surface area contributed by atoms with Crippen LogP contribution in [0.4, 0.5) is 0 Å². The highest BCUT2D eigenvalue weighted by atomic mass is 32.1. The maximum Gasteiger partial charge on any atom is 0.348 e. The molecule has 0 fully saturated rings. The molecule has 5 nitrogen and oxygen atoms in total. The molecule has 0 unspecified atom stereocenters. The van der Waals surface area contributed by atoms with Gasteiger partial charge in [0.2, 0.25) is 0 Å². The van der Waals surface area contributed by atoms with E-state index in [1.54, 1.807) is 25.3 Å². The smallest absolute Gasteiger partial charge is 0.348 e. The van der Waals surface area contributed by atoms with Crippen molar-refractivity contribution in [1.29, 1.82) is 0 Å². The molecule has 18 heavy (non-hydrogen) atoms. The van der Waals surface area contributed by atoms with Crippen molar-refractivity contribution >= 4 is 17.3 Å². The fourth-order valence-corrected chi connectivity index (χ4v) is 2.23. The quantitative estimate of drug-likeness (QED) is 0.920. The molecule has 0 aliphatic heterocycles. The largest absolute Gasteiger partial charge is 0.497 e. The molecule has 1 N–H and O–H groups in total. The third kappa shape index (κ3) is 2.14. The van der Waals surface area contributed by atoms with Crippen LogP contribution in [0.25, 0.3) is 11.3 Å². The van der Waals surface area contributed by atoms with Crippen molar-refractivity contribution < 1.29 is 19.4 Å².